The van der Waals surface area contributed by atoms with E-state index in [9.17, 15) is 18.8 Å². The lowest BCUT2D eigenvalue weighted by molar-refractivity contribution is -0.134. The fourth-order valence-electron chi connectivity index (χ4n) is 3.74. The average molecular weight is 428 g/mol. The van der Waals surface area contributed by atoms with Crippen molar-refractivity contribution < 1.29 is 18.8 Å². The molecule has 3 amide bonds. The van der Waals surface area contributed by atoms with E-state index in [1.54, 1.807) is 24.0 Å². The predicted molar refractivity (Wildman–Crippen MR) is 114 cm³/mol. The molecule has 30 heavy (non-hydrogen) atoms. The lowest BCUT2D eigenvalue weighted by Crippen LogP contribution is -2.51. The number of amides is 3. The molecule has 156 valence electrons. The Morgan fingerprint density at radius 2 is 1.90 bits per heavy atom. The number of hydrogen-bond donors (Lipinski definition) is 1. The van der Waals surface area contributed by atoms with Crippen LogP contribution < -0.4 is 10.2 Å². The normalized spacial score (nSPS) is 18.3. The van der Waals surface area contributed by atoms with Crippen molar-refractivity contribution in [3.05, 3.63) is 53.8 Å². The summed E-state index contributed by atoms with van der Waals surface area (Å²) in [6.07, 6.45) is 1.88. The van der Waals surface area contributed by atoms with Crippen LogP contribution in [-0.2, 0) is 14.4 Å². The molecule has 0 bridgehead atoms. The number of hydrogen-bond acceptors (Lipinski definition) is 4. The second-order valence-corrected chi connectivity index (χ2v) is 8.58. The van der Waals surface area contributed by atoms with Gasteiger partial charge in [-0.2, -0.15) is 0 Å². The molecule has 2 aromatic carbocycles. The van der Waals surface area contributed by atoms with Crippen molar-refractivity contribution in [2.45, 2.75) is 29.9 Å². The van der Waals surface area contributed by atoms with Gasteiger partial charge >= 0.3 is 0 Å². The van der Waals surface area contributed by atoms with Crippen LogP contribution in [0.15, 0.2) is 47.4 Å². The lowest BCUT2D eigenvalue weighted by atomic mass is 10.2. The zero-order valence-electron chi connectivity index (χ0n) is 16.6. The minimum Gasteiger partial charge on any atom is -0.341 e. The van der Waals surface area contributed by atoms with E-state index in [1.165, 1.54) is 34.9 Å². The zero-order chi connectivity index (χ0) is 21.3. The number of nitrogens with one attached hydrogen (secondary N) is 1. The molecule has 1 atom stereocenters. The second kappa shape index (κ2) is 8.47. The molecular weight excluding hydrogens is 405 g/mol. The highest BCUT2D eigenvalue weighted by Gasteiger charge is 2.41. The largest absolute Gasteiger partial charge is 0.341 e. The number of halogens is 1. The Morgan fingerprint density at radius 3 is 2.63 bits per heavy atom. The van der Waals surface area contributed by atoms with Crippen LogP contribution in [0.25, 0.3) is 0 Å². The molecule has 1 fully saturated rings. The molecule has 2 heterocycles. The van der Waals surface area contributed by atoms with Crippen molar-refractivity contribution >= 4 is 40.9 Å². The minimum atomic E-state index is -0.890. The predicted octanol–water partition coefficient (Wildman–Crippen LogP) is 3.20. The van der Waals surface area contributed by atoms with E-state index >= 15 is 0 Å². The van der Waals surface area contributed by atoms with Crippen molar-refractivity contribution in [1.29, 1.82) is 0 Å². The first-order chi connectivity index (χ1) is 14.4. The maximum absolute atomic E-state index is 13.3. The number of benzene rings is 2. The number of para-hydroxylation sites is 1. The Morgan fingerprint density at radius 1 is 1.17 bits per heavy atom. The van der Waals surface area contributed by atoms with Crippen LogP contribution in [0.5, 0.6) is 0 Å². The molecule has 8 heteroatoms. The summed E-state index contributed by atoms with van der Waals surface area (Å²) < 4.78 is 13.3. The van der Waals surface area contributed by atoms with Crippen molar-refractivity contribution in [3.8, 4) is 0 Å². The Hall–Kier alpha value is -2.87. The molecule has 0 saturated carbocycles. The van der Waals surface area contributed by atoms with Crippen LogP contribution in [0, 0.1) is 12.7 Å². The topological polar surface area (TPSA) is 69.7 Å². The Balaban J connectivity index is 1.56. The van der Waals surface area contributed by atoms with Crippen LogP contribution >= 0.6 is 11.8 Å². The third kappa shape index (κ3) is 4.05. The van der Waals surface area contributed by atoms with Gasteiger partial charge in [0.05, 0.1) is 5.69 Å². The van der Waals surface area contributed by atoms with E-state index in [0.717, 1.165) is 17.7 Å². The molecule has 0 radical (unpaired) electrons. The summed E-state index contributed by atoms with van der Waals surface area (Å²) in [4.78, 5) is 42.8. The summed E-state index contributed by atoms with van der Waals surface area (Å²) in [6, 6.07) is 11.4. The standard InChI is InChI=1S/C22H22FN3O3S/c1-14-12-15(23)8-9-16(14)24-19(27)13-26-17-6-2-3-7-18(17)30-20(22(26)29)21(28)25-10-4-5-11-25/h2-3,6-9,12,20H,4-5,10-11,13H2,1H3,(H,24,27)/t20-/m0/s1. The van der Waals surface area contributed by atoms with Crippen LogP contribution in [-0.4, -0.2) is 47.5 Å². The summed E-state index contributed by atoms with van der Waals surface area (Å²) >= 11 is 1.24. The van der Waals surface area contributed by atoms with Crippen molar-refractivity contribution in [2.75, 3.05) is 29.9 Å². The number of fused-ring (bicyclic) bond motifs is 1. The summed E-state index contributed by atoms with van der Waals surface area (Å²) in [5, 5.41) is 1.84. The van der Waals surface area contributed by atoms with E-state index in [0.29, 0.717) is 30.0 Å². The molecule has 6 nitrogen and oxygen atoms in total. The quantitative estimate of drug-likeness (QED) is 0.761. The number of carbonyl (C=O) groups is 3. The average Bonchev–Trinajstić information content (AvgIpc) is 3.26. The van der Waals surface area contributed by atoms with Gasteiger partial charge in [0.15, 0.2) is 5.25 Å². The van der Waals surface area contributed by atoms with Crippen LogP contribution in [0.4, 0.5) is 15.8 Å². The maximum Gasteiger partial charge on any atom is 0.250 e. The van der Waals surface area contributed by atoms with E-state index in [2.05, 4.69) is 5.32 Å². The van der Waals surface area contributed by atoms with E-state index in [1.807, 2.05) is 12.1 Å². The molecule has 0 aliphatic carbocycles. The summed E-state index contributed by atoms with van der Waals surface area (Å²) in [6.45, 7) is 2.79. The second-order valence-electron chi connectivity index (χ2n) is 7.43. The molecule has 4 rings (SSSR count). The SMILES string of the molecule is Cc1cc(F)ccc1NC(=O)CN1C(=O)[C@H](C(=O)N2CCCC2)Sc2ccccc21. The number of aryl methyl sites for hydroxylation is 1. The maximum atomic E-state index is 13.3. The number of anilines is 2. The number of likely N-dealkylation sites (tertiary alicyclic amines) is 1. The number of carbonyl (C=O) groups excluding carboxylic acids is 3. The highest BCUT2D eigenvalue weighted by atomic mass is 32.2. The lowest BCUT2D eigenvalue weighted by Gasteiger charge is -2.34. The third-order valence-corrected chi connectivity index (χ3v) is 6.54. The van der Waals surface area contributed by atoms with Crippen LogP contribution in [0.3, 0.4) is 0 Å². The van der Waals surface area contributed by atoms with Gasteiger partial charge < -0.3 is 15.1 Å². The fraction of sp³-hybridized carbons (Fsp3) is 0.318. The smallest absolute Gasteiger partial charge is 0.250 e. The van der Waals surface area contributed by atoms with Crippen LogP contribution in [0.1, 0.15) is 18.4 Å². The van der Waals surface area contributed by atoms with Gasteiger partial charge in [-0.05, 0) is 55.7 Å². The molecule has 1 N–H and O–H groups in total. The van der Waals surface area contributed by atoms with Gasteiger partial charge in [-0.25, -0.2) is 4.39 Å². The van der Waals surface area contributed by atoms with Crippen molar-refractivity contribution in [3.63, 3.8) is 0 Å². The highest BCUT2D eigenvalue weighted by Crippen LogP contribution is 2.40. The van der Waals surface area contributed by atoms with Gasteiger partial charge in [0.2, 0.25) is 11.8 Å². The summed E-state index contributed by atoms with van der Waals surface area (Å²) in [5.74, 6) is -1.38. The summed E-state index contributed by atoms with van der Waals surface area (Å²) in [7, 11) is 0. The number of nitrogens with zero attached hydrogens (tertiary/aromatic N) is 2. The number of rotatable bonds is 4. The first kappa shape index (κ1) is 20.4. The molecule has 0 unspecified atom stereocenters. The Labute approximate surface area is 178 Å². The summed E-state index contributed by atoms with van der Waals surface area (Å²) in [5.41, 5.74) is 1.69. The third-order valence-electron chi connectivity index (χ3n) is 5.30. The fourth-order valence-corrected chi connectivity index (χ4v) is 4.93. The number of thioether (sulfide) groups is 1. The van der Waals surface area contributed by atoms with Gasteiger partial charge in [-0.1, -0.05) is 12.1 Å². The van der Waals surface area contributed by atoms with Gasteiger partial charge in [0.1, 0.15) is 12.4 Å². The van der Waals surface area contributed by atoms with E-state index in [4.69, 9.17) is 0 Å². The Bertz CT molecular complexity index is 1010. The molecule has 0 spiro atoms. The van der Waals surface area contributed by atoms with Crippen LogP contribution in [0.2, 0.25) is 0 Å². The van der Waals surface area contributed by atoms with E-state index < -0.39 is 11.2 Å². The Kier molecular flexibility index (Phi) is 5.76. The molecule has 1 saturated heterocycles. The van der Waals surface area contributed by atoms with Gasteiger partial charge in [0.25, 0.3) is 5.91 Å². The monoisotopic (exact) mass is 427 g/mol. The van der Waals surface area contributed by atoms with Crippen molar-refractivity contribution in [1.82, 2.24) is 4.90 Å². The van der Waals surface area contributed by atoms with E-state index in [-0.39, 0.29) is 24.2 Å². The molecule has 2 aliphatic heterocycles. The van der Waals surface area contributed by atoms with Crippen molar-refractivity contribution in [2.24, 2.45) is 0 Å². The zero-order valence-corrected chi connectivity index (χ0v) is 17.4. The molecule has 2 aliphatic rings. The molecule has 2 aromatic rings. The highest BCUT2D eigenvalue weighted by molar-refractivity contribution is 8.01. The van der Waals surface area contributed by atoms with Gasteiger partial charge in [0, 0.05) is 23.7 Å². The first-order valence-corrected chi connectivity index (χ1v) is 10.7. The minimum absolute atomic E-state index is 0.197. The van der Waals surface area contributed by atoms with Gasteiger partial charge in [-0.15, -0.1) is 11.8 Å². The molecular formula is C22H22FN3O3S. The van der Waals surface area contributed by atoms with Gasteiger partial charge in [-0.3, -0.25) is 14.4 Å². The molecule has 0 aromatic heterocycles. The first-order valence-electron chi connectivity index (χ1n) is 9.86.